The number of nitrogens with zero attached hydrogens (tertiary/aromatic N) is 3. The van der Waals surface area contributed by atoms with Crippen LogP contribution in [0.15, 0.2) is 23.5 Å². The van der Waals surface area contributed by atoms with E-state index in [0.717, 1.165) is 5.82 Å². The number of anilines is 1. The summed E-state index contributed by atoms with van der Waals surface area (Å²) in [5.74, 6) is 1.04. The van der Waals surface area contributed by atoms with Crippen LogP contribution in [0.4, 0.5) is 5.82 Å². The van der Waals surface area contributed by atoms with Gasteiger partial charge in [0, 0.05) is 25.2 Å². The van der Waals surface area contributed by atoms with E-state index in [4.69, 9.17) is 22.5 Å². The van der Waals surface area contributed by atoms with Gasteiger partial charge in [-0.05, 0) is 26.0 Å². The molecule has 1 heterocycles. The second-order valence-corrected chi connectivity index (χ2v) is 4.40. The molecule has 0 aliphatic carbocycles. The maximum Gasteiger partial charge on any atom is 0.140 e. The molecule has 0 unspecified atom stereocenters. The molecule has 0 aromatic carbocycles. The fraction of sp³-hybridized carbons (Fsp3) is 0.455. The normalized spacial score (nSPS) is 11.9. The molecule has 0 spiro atoms. The number of pyridine rings is 1. The van der Waals surface area contributed by atoms with Crippen molar-refractivity contribution in [2.75, 3.05) is 11.4 Å². The number of halogens is 1. The van der Waals surface area contributed by atoms with Crippen molar-refractivity contribution >= 4 is 23.3 Å². The summed E-state index contributed by atoms with van der Waals surface area (Å²) in [5.41, 5.74) is 5.46. The molecule has 0 bridgehead atoms. The van der Waals surface area contributed by atoms with Gasteiger partial charge in [-0.25, -0.2) is 4.98 Å². The monoisotopic (exact) mass is 256 g/mol. The van der Waals surface area contributed by atoms with E-state index < -0.39 is 0 Å². The minimum absolute atomic E-state index is 0.213. The fourth-order valence-corrected chi connectivity index (χ4v) is 1.57. The van der Waals surface area contributed by atoms with Crippen LogP contribution in [0.25, 0.3) is 0 Å². The maximum absolute atomic E-state index is 8.50. The predicted molar refractivity (Wildman–Crippen MR) is 69.8 cm³/mol. The number of amidine groups is 1. The minimum Gasteiger partial charge on any atom is -0.409 e. The molecule has 0 atom stereocenters. The number of aromatic nitrogens is 1. The number of hydrogen-bond acceptors (Lipinski definition) is 4. The van der Waals surface area contributed by atoms with Gasteiger partial charge in [0.25, 0.3) is 0 Å². The summed E-state index contributed by atoms with van der Waals surface area (Å²) in [6, 6.07) is 3.92. The zero-order valence-corrected chi connectivity index (χ0v) is 10.7. The van der Waals surface area contributed by atoms with Crippen LogP contribution < -0.4 is 10.6 Å². The summed E-state index contributed by atoms with van der Waals surface area (Å²) in [5, 5.41) is 12.1. The molecule has 6 heteroatoms. The van der Waals surface area contributed by atoms with Gasteiger partial charge in [0.05, 0.1) is 5.02 Å². The molecule has 0 amide bonds. The highest BCUT2D eigenvalue weighted by Crippen LogP contribution is 2.16. The Morgan fingerprint density at radius 3 is 2.76 bits per heavy atom. The Morgan fingerprint density at radius 1 is 1.59 bits per heavy atom. The van der Waals surface area contributed by atoms with Gasteiger partial charge < -0.3 is 15.8 Å². The summed E-state index contributed by atoms with van der Waals surface area (Å²) >= 11 is 5.79. The molecule has 1 rings (SSSR count). The Hall–Kier alpha value is -1.49. The van der Waals surface area contributed by atoms with E-state index in [2.05, 4.69) is 28.9 Å². The second-order valence-electron chi connectivity index (χ2n) is 3.96. The Bertz CT molecular complexity index is 378. The van der Waals surface area contributed by atoms with Gasteiger partial charge in [0.2, 0.25) is 0 Å². The average Bonchev–Trinajstić information content (AvgIpc) is 2.31. The third-order valence-corrected chi connectivity index (χ3v) is 2.59. The first-order chi connectivity index (χ1) is 8.04. The van der Waals surface area contributed by atoms with E-state index >= 15 is 0 Å². The zero-order valence-electron chi connectivity index (χ0n) is 9.97. The first kappa shape index (κ1) is 13.6. The zero-order chi connectivity index (χ0) is 12.8. The molecule has 0 radical (unpaired) electrons. The van der Waals surface area contributed by atoms with Gasteiger partial charge in [-0.1, -0.05) is 16.8 Å². The maximum atomic E-state index is 8.50. The average molecular weight is 257 g/mol. The molecule has 0 saturated heterocycles. The third kappa shape index (κ3) is 4.11. The van der Waals surface area contributed by atoms with Crippen molar-refractivity contribution in [2.45, 2.75) is 26.3 Å². The van der Waals surface area contributed by atoms with Crippen LogP contribution in [0.2, 0.25) is 5.02 Å². The van der Waals surface area contributed by atoms with Crippen LogP contribution >= 0.6 is 11.6 Å². The first-order valence-corrected chi connectivity index (χ1v) is 5.77. The number of rotatable bonds is 5. The Labute approximate surface area is 106 Å². The van der Waals surface area contributed by atoms with E-state index in [1.807, 2.05) is 6.07 Å². The SMILES string of the molecule is CC(C)N(CC/C(N)=N/O)c1ccc(Cl)cn1. The van der Waals surface area contributed by atoms with Crippen LogP contribution in [-0.2, 0) is 0 Å². The number of hydrogen-bond donors (Lipinski definition) is 2. The summed E-state index contributed by atoms with van der Waals surface area (Å²) < 4.78 is 0. The summed E-state index contributed by atoms with van der Waals surface area (Å²) in [7, 11) is 0. The molecule has 94 valence electrons. The molecule has 0 fully saturated rings. The first-order valence-electron chi connectivity index (χ1n) is 5.39. The molecule has 1 aromatic rings. The van der Waals surface area contributed by atoms with Crippen molar-refractivity contribution in [3.63, 3.8) is 0 Å². The molecule has 0 saturated carbocycles. The lowest BCUT2D eigenvalue weighted by Crippen LogP contribution is -2.34. The van der Waals surface area contributed by atoms with Crippen molar-refractivity contribution in [1.82, 2.24) is 4.98 Å². The molecule has 1 aromatic heterocycles. The Balaban J connectivity index is 2.75. The second kappa shape index (κ2) is 6.30. The van der Waals surface area contributed by atoms with Crippen LogP contribution in [0.5, 0.6) is 0 Å². The van der Waals surface area contributed by atoms with Gasteiger partial charge in [-0.2, -0.15) is 0 Å². The van der Waals surface area contributed by atoms with Gasteiger partial charge in [-0.3, -0.25) is 0 Å². The van der Waals surface area contributed by atoms with Crippen LogP contribution in [0.3, 0.4) is 0 Å². The molecule has 5 nitrogen and oxygen atoms in total. The van der Waals surface area contributed by atoms with Crippen LogP contribution in [-0.4, -0.2) is 28.6 Å². The minimum atomic E-state index is 0.213. The fourth-order valence-electron chi connectivity index (χ4n) is 1.46. The van der Waals surface area contributed by atoms with Gasteiger partial charge in [0.15, 0.2) is 0 Å². The highest BCUT2D eigenvalue weighted by molar-refractivity contribution is 6.30. The molecular weight excluding hydrogens is 240 g/mol. The van der Waals surface area contributed by atoms with Crippen molar-refractivity contribution < 1.29 is 5.21 Å². The summed E-state index contributed by atoms with van der Waals surface area (Å²) in [4.78, 5) is 6.32. The lowest BCUT2D eigenvalue weighted by molar-refractivity contribution is 0.317. The van der Waals surface area contributed by atoms with Crippen molar-refractivity contribution in [2.24, 2.45) is 10.9 Å². The smallest absolute Gasteiger partial charge is 0.140 e. The van der Waals surface area contributed by atoms with Crippen molar-refractivity contribution in [3.05, 3.63) is 23.4 Å². The van der Waals surface area contributed by atoms with E-state index in [-0.39, 0.29) is 11.9 Å². The van der Waals surface area contributed by atoms with E-state index in [1.54, 1.807) is 12.3 Å². The number of oxime groups is 1. The molecular formula is C11H17ClN4O. The van der Waals surface area contributed by atoms with E-state index in [0.29, 0.717) is 18.0 Å². The summed E-state index contributed by atoms with van der Waals surface area (Å²) in [6.07, 6.45) is 2.09. The summed E-state index contributed by atoms with van der Waals surface area (Å²) in [6.45, 7) is 4.76. The number of nitrogens with two attached hydrogens (primary N) is 1. The van der Waals surface area contributed by atoms with Crippen LogP contribution in [0, 0.1) is 0 Å². The molecule has 0 aliphatic heterocycles. The lowest BCUT2D eigenvalue weighted by Gasteiger charge is -2.27. The Morgan fingerprint density at radius 2 is 2.29 bits per heavy atom. The highest BCUT2D eigenvalue weighted by Gasteiger charge is 2.12. The molecule has 17 heavy (non-hydrogen) atoms. The Kier molecular flexibility index (Phi) is 5.03. The third-order valence-electron chi connectivity index (χ3n) is 2.37. The highest BCUT2D eigenvalue weighted by atomic mass is 35.5. The molecule has 3 N–H and O–H groups in total. The van der Waals surface area contributed by atoms with Crippen LogP contribution in [0.1, 0.15) is 20.3 Å². The van der Waals surface area contributed by atoms with Crippen molar-refractivity contribution in [3.8, 4) is 0 Å². The largest absolute Gasteiger partial charge is 0.409 e. The predicted octanol–water partition coefficient (Wildman–Crippen LogP) is 2.09. The topological polar surface area (TPSA) is 74.7 Å². The van der Waals surface area contributed by atoms with Gasteiger partial charge in [-0.15, -0.1) is 0 Å². The quantitative estimate of drug-likeness (QED) is 0.366. The lowest BCUT2D eigenvalue weighted by atomic mass is 10.2. The van der Waals surface area contributed by atoms with Gasteiger partial charge in [0.1, 0.15) is 11.7 Å². The van der Waals surface area contributed by atoms with E-state index in [1.165, 1.54) is 0 Å². The molecule has 0 aliphatic rings. The van der Waals surface area contributed by atoms with E-state index in [9.17, 15) is 0 Å². The van der Waals surface area contributed by atoms with Crippen molar-refractivity contribution in [1.29, 1.82) is 0 Å². The van der Waals surface area contributed by atoms with Gasteiger partial charge >= 0.3 is 0 Å². The standard InChI is InChI=1S/C11H17ClN4O/c1-8(2)16(6-5-10(13)15-17)11-4-3-9(12)7-14-11/h3-4,7-8,17H,5-6H2,1-2H3,(H2,13,15).